The molecule has 0 fully saturated rings. The molecule has 1 rings (SSSR count). The van der Waals surface area contributed by atoms with Gasteiger partial charge in [0.1, 0.15) is 0 Å². The van der Waals surface area contributed by atoms with Crippen molar-refractivity contribution in [1.82, 2.24) is 0 Å². The second-order valence-corrected chi connectivity index (χ2v) is 3.85. The molecule has 2 nitrogen and oxygen atoms in total. The molecule has 3 heteroatoms. The zero-order chi connectivity index (χ0) is 10.2. The molecule has 0 saturated carbocycles. The third-order valence-corrected chi connectivity index (χ3v) is 2.67. The van der Waals surface area contributed by atoms with Gasteiger partial charge >= 0.3 is 0 Å². The van der Waals surface area contributed by atoms with Crippen molar-refractivity contribution in [2.24, 2.45) is 0 Å². The van der Waals surface area contributed by atoms with E-state index >= 15 is 0 Å². The van der Waals surface area contributed by atoms with Crippen LogP contribution in [0.2, 0.25) is 5.02 Å². The van der Waals surface area contributed by atoms with Crippen LogP contribution in [0, 0.1) is 13.8 Å². The largest absolute Gasteiger partial charge is 0.397 e. The van der Waals surface area contributed by atoms with Gasteiger partial charge in [-0.2, -0.15) is 0 Å². The molecule has 0 spiro atoms. The number of hydrogen-bond acceptors (Lipinski definition) is 2. The van der Waals surface area contributed by atoms with E-state index in [2.05, 4.69) is 0 Å². The van der Waals surface area contributed by atoms with Gasteiger partial charge < -0.3 is 10.6 Å². The SMILES string of the molecule is Cc1c(Cl)cc(N)c(N(C)C)c1C. The van der Waals surface area contributed by atoms with E-state index in [-0.39, 0.29) is 0 Å². The lowest BCUT2D eigenvalue weighted by molar-refractivity contribution is 1.11. The van der Waals surface area contributed by atoms with Crippen LogP contribution in [0.5, 0.6) is 0 Å². The second-order valence-electron chi connectivity index (χ2n) is 3.44. The van der Waals surface area contributed by atoms with Gasteiger partial charge in [0.2, 0.25) is 0 Å². The third-order valence-electron chi connectivity index (χ3n) is 2.28. The minimum Gasteiger partial charge on any atom is -0.397 e. The standard InChI is InChI=1S/C10H15ClN2/c1-6-7(2)10(13(3)4)9(12)5-8(6)11/h5H,12H2,1-4H3. The first-order valence-electron chi connectivity index (χ1n) is 4.17. The summed E-state index contributed by atoms with van der Waals surface area (Å²) in [6.07, 6.45) is 0. The van der Waals surface area contributed by atoms with E-state index in [0.717, 1.165) is 27.5 Å². The number of anilines is 2. The quantitative estimate of drug-likeness (QED) is 0.703. The zero-order valence-corrected chi connectivity index (χ0v) is 9.24. The predicted molar refractivity (Wildman–Crippen MR) is 59.7 cm³/mol. The van der Waals surface area contributed by atoms with Gasteiger partial charge in [0.05, 0.1) is 11.4 Å². The van der Waals surface area contributed by atoms with Crippen molar-refractivity contribution in [3.8, 4) is 0 Å². The molecule has 0 bridgehead atoms. The summed E-state index contributed by atoms with van der Waals surface area (Å²) in [6, 6.07) is 1.80. The van der Waals surface area contributed by atoms with Crippen LogP contribution >= 0.6 is 11.6 Å². The van der Waals surface area contributed by atoms with Crippen LogP contribution in [0.3, 0.4) is 0 Å². The molecule has 0 heterocycles. The molecule has 2 N–H and O–H groups in total. The van der Waals surface area contributed by atoms with E-state index in [4.69, 9.17) is 17.3 Å². The number of nitrogens with zero attached hydrogens (tertiary/aromatic N) is 1. The smallest absolute Gasteiger partial charge is 0.0628 e. The lowest BCUT2D eigenvalue weighted by atomic mass is 10.1. The molecule has 0 aromatic heterocycles. The molecular formula is C10H15ClN2. The molecule has 0 unspecified atom stereocenters. The number of halogens is 1. The summed E-state index contributed by atoms with van der Waals surface area (Å²) in [4.78, 5) is 2.01. The number of nitrogen functional groups attached to an aromatic ring is 1. The number of nitrogens with two attached hydrogens (primary N) is 1. The summed E-state index contributed by atoms with van der Waals surface area (Å²) < 4.78 is 0. The highest BCUT2D eigenvalue weighted by Crippen LogP contribution is 2.33. The lowest BCUT2D eigenvalue weighted by Gasteiger charge is -2.20. The summed E-state index contributed by atoms with van der Waals surface area (Å²) in [5.74, 6) is 0. The average molecular weight is 199 g/mol. The van der Waals surface area contributed by atoms with Gasteiger partial charge in [0.25, 0.3) is 0 Å². The highest BCUT2D eigenvalue weighted by Gasteiger charge is 2.10. The Bertz CT molecular complexity index is 332. The summed E-state index contributed by atoms with van der Waals surface area (Å²) in [6.45, 7) is 4.04. The molecule has 0 aliphatic heterocycles. The molecule has 0 aliphatic rings. The Morgan fingerprint density at radius 1 is 1.23 bits per heavy atom. The summed E-state index contributed by atoms with van der Waals surface area (Å²) in [7, 11) is 3.96. The van der Waals surface area contributed by atoms with Crippen molar-refractivity contribution in [3.63, 3.8) is 0 Å². The van der Waals surface area contributed by atoms with Crippen LogP contribution in [0.15, 0.2) is 6.07 Å². The van der Waals surface area contributed by atoms with Gasteiger partial charge in [-0.15, -0.1) is 0 Å². The van der Waals surface area contributed by atoms with Crippen LogP contribution in [0.25, 0.3) is 0 Å². The molecule has 0 amide bonds. The fourth-order valence-corrected chi connectivity index (χ4v) is 1.74. The Balaban J connectivity index is 3.44. The third kappa shape index (κ3) is 1.73. The Labute approximate surface area is 84.3 Å². The van der Waals surface area contributed by atoms with E-state index < -0.39 is 0 Å². The first-order chi connectivity index (χ1) is 5.95. The van der Waals surface area contributed by atoms with E-state index in [1.54, 1.807) is 6.07 Å². The minimum atomic E-state index is 0.734. The highest BCUT2D eigenvalue weighted by molar-refractivity contribution is 6.32. The molecule has 1 aromatic carbocycles. The van der Waals surface area contributed by atoms with Crippen molar-refractivity contribution in [2.45, 2.75) is 13.8 Å². The molecule has 72 valence electrons. The number of benzene rings is 1. The number of rotatable bonds is 1. The topological polar surface area (TPSA) is 29.3 Å². The lowest BCUT2D eigenvalue weighted by Crippen LogP contribution is -2.13. The van der Waals surface area contributed by atoms with Crippen LogP contribution in [0.1, 0.15) is 11.1 Å². The normalized spacial score (nSPS) is 10.2. The maximum Gasteiger partial charge on any atom is 0.0628 e. The molecule has 0 saturated heterocycles. The molecule has 0 aliphatic carbocycles. The van der Waals surface area contributed by atoms with Crippen molar-refractivity contribution in [2.75, 3.05) is 24.7 Å². The average Bonchev–Trinajstić information content (AvgIpc) is 1.99. The Morgan fingerprint density at radius 3 is 2.23 bits per heavy atom. The highest BCUT2D eigenvalue weighted by atomic mass is 35.5. The second kappa shape index (κ2) is 3.46. The summed E-state index contributed by atoms with van der Waals surface area (Å²) in [5, 5.41) is 0.737. The fraction of sp³-hybridized carbons (Fsp3) is 0.400. The Morgan fingerprint density at radius 2 is 1.77 bits per heavy atom. The first kappa shape index (κ1) is 10.2. The van der Waals surface area contributed by atoms with Crippen LogP contribution < -0.4 is 10.6 Å². The van der Waals surface area contributed by atoms with E-state index in [1.807, 2.05) is 32.8 Å². The maximum absolute atomic E-state index is 6.00. The van der Waals surface area contributed by atoms with Crippen LogP contribution in [-0.2, 0) is 0 Å². The molecule has 0 radical (unpaired) electrons. The molecular weight excluding hydrogens is 184 g/mol. The van der Waals surface area contributed by atoms with Gasteiger partial charge in [-0.05, 0) is 31.0 Å². The zero-order valence-electron chi connectivity index (χ0n) is 8.48. The predicted octanol–water partition coefficient (Wildman–Crippen LogP) is 2.61. The number of hydrogen-bond donors (Lipinski definition) is 1. The monoisotopic (exact) mass is 198 g/mol. The summed E-state index contributed by atoms with van der Waals surface area (Å²) in [5.41, 5.74) is 9.90. The van der Waals surface area contributed by atoms with Gasteiger partial charge in [0.15, 0.2) is 0 Å². The van der Waals surface area contributed by atoms with E-state index in [1.165, 1.54) is 0 Å². The van der Waals surface area contributed by atoms with Gasteiger partial charge in [-0.25, -0.2) is 0 Å². The molecule has 0 atom stereocenters. The first-order valence-corrected chi connectivity index (χ1v) is 4.55. The van der Waals surface area contributed by atoms with Crippen molar-refractivity contribution in [3.05, 3.63) is 22.2 Å². The Hall–Kier alpha value is -0.890. The minimum absolute atomic E-state index is 0.734. The van der Waals surface area contributed by atoms with Gasteiger partial charge in [-0.3, -0.25) is 0 Å². The van der Waals surface area contributed by atoms with E-state index in [9.17, 15) is 0 Å². The molecule has 1 aromatic rings. The van der Waals surface area contributed by atoms with Crippen LogP contribution in [0.4, 0.5) is 11.4 Å². The van der Waals surface area contributed by atoms with E-state index in [0.29, 0.717) is 0 Å². The summed E-state index contributed by atoms with van der Waals surface area (Å²) >= 11 is 6.00. The van der Waals surface area contributed by atoms with Gasteiger partial charge in [0, 0.05) is 19.1 Å². The van der Waals surface area contributed by atoms with Crippen molar-refractivity contribution < 1.29 is 0 Å². The molecule has 13 heavy (non-hydrogen) atoms. The van der Waals surface area contributed by atoms with Crippen molar-refractivity contribution >= 4 is 23.0 Å². The maximum atomic E-state index is 6.00. The van der Waals surface area contributed by atoms with Gasteiger partial charge in [-0.1, -0.05) is 11.6 Å². The fourth-order valence-electron chi connectivity index (χ4n) is 1.48. The Kier molecular flexibility index (Phi) is 2.71. The van der Waals surface area contributed by atoms with Crippen molar-refractivity contribution in [1.29, 1.82) is 0 Å². The van der Waals surface area contributed by atoms with Crippen LogP contribution in [-0.4, -0.2) is 14.1 Å².